The van der Waals surface area contributed by atoms with Crippen LogP contribution >= 0.6 is 0 Å². The molecule has 62 heavy (non-hydrogen) atoms. The number of hydrogen-bond donors (Lipinski definition) is 1. The van der Waals surface area contributed by atoms with Gasteiger partial charge in [0.1, 0.15) is 46.3 Å². The lowest BCUT2D eigenvalue weighted by molar-refractivity contribution is 0.000850. The Labute approximate surface area is 356 Å². The Kier molecular flexibility index (Phi) is 9.73. The van der Waals surface area contributed by atoms with Crippen LogP contribution in [0.15, 0.2) is 24.3 Å². The first-order valence-electron chi connectivity index (χ1n) is 21.0. The van der Waals surface area contributed by atoms with Gasteiger partial charge in [0.05, 0.1) is 35.9 Å². The molecule has 0 saturated carbocycles. The summed E-state index contributed by atoms with van der Waals surface area (Å²) in [5.41, 5.74) is -3.30. The number of nitrogens with one attached hydrogen (secondary N) is 1. The summed E-state index contributed by atoms with van der Waals surface area (Å²) in [5.74, 6) is -1.95. The molecule has 0 aliphatic carbocycles. The van der Waals surface area contributed by atoms with Gasteiger partial charge in [0.25, 0.3) is 5.92 Å². The van der Waals surface area contributed by atoms with Gasteiger partial charge in [-0.3, -0.25) is 15.1 Å². The fourth-order valence-corrected chi connectivity index (χ4v) is 10.2. The maximum Gasteiger partial charge on any atom is 0.412 e. The molecule has 1 unspecified atom stereocenters. The number of ether oxygens (including phenoxy) is 4. The highest BCUT2D eigenvalue weighted by atomic mass is 19.3. The first-order chi connectivity index (χ1) is 29.2. The Hall–Kier alpha value is -5.63. The zero-order valence-electron chi connectivity index (χ0n) is 35.7. The van der Waals surface area contributed by atoms with Gasteiger partial charge in [0.2, 0.25) is 5.88 Å². The Bertz CT molecular complexity index is 2570. The molecule has 0 spiro atoms. The van der Waals surface area contributed by atoms with Crippen LogP contribution in [0.4, 0.5) is 38.7 Å². The molecule has 4 aromatic rings. The standard InChI is InChI=1S/C45H49F4N7O6/c1-9-24-12-10-13-26-30(24)27(18-28(32(26)46)50-40(57)61-42(3,4)5)34-33(47)35-31-37(53-39(52-35)59-22-44-16-11-17-54(44)21-45(48,49)20-44)55-19-25-14-15-29(36(55)23(2)60-38(31)51-34)56(25)41(58)62-43(6,7)8/h1,10,12-13,18,23,25,29,36H,11,14-17,19-22H2,2-8H3,(H,50,57)/t23-,25+,29-,36+,44?/m0/s1. The highest BCUT2D eigenvalue weighted by Crippen LogP contribution is 2.49. The average molecular weight is 860 g/mol. The van der Waals surface area contributed by atoms with Crippen molar-refractivity contribution in [3.8, 4) is 35.5 Å². The average Bonchev–Trinajstić information content (AvgIpc) is 3.76. The second kappa shape index (κ2) is 14.5. The number of hydrogen-bond acceptors (Lipinski definition) is 11. The molecule has 13 nitrogen and oxygen atoms in total. The third kappa shape index (κ3) is 7.13. The van der Waals surface area contributed by atoms with Gasteiger partial charge in [-0.15, -0.1) is 6.42 Å². The third-order valence-electron chi connectivity index (χ3n) is 12.4. The van der Waals surface area contributed by atoms with Gasteiger partial charge in [-0.1, -0.05) is 18.1 Å². The number of carbonyl (C=O) groups is 2. The topological polar surface area (TPSA) is 131 Å². The van der Waals surface area contributed by atoms with Crippen molar-refractivity contribution in [2.45, 2.75) is 127 Å². The Morgan fingerprint density at radius 1 is 1.03 bits per heavy atom. The summed E-state index contributed by atoms with van der Waals surface area (Å²) < 4.78 is 88.1. The molecule has 2 aromatic heterocycles. The molecular formula is C45H49F4N7O6. The van der Waals surface area contributed by atoms with Crippen LogP contribution in [0.5, 0.6) is 11.9 Å². The zero-order chi connectivity index (χ0) is 44.3. The number of halogens is 4. The Morgan fingerprint density at radius 2 is 1.79 bits per heavy atom. The second-order valence-corrected chi connectivity index (χ2v) is 19.1. The fourth-order valence-electron chi connectivity index (χ4n) is 10.2. The molecule has 0 radical (unpaired) electrons. The highest BCUT2D eigenvalue weighted by molar-refractivity contribution is 6.06. The minimum atomic E-state index is -2.90. The Morgan fingerprint density at radius 3 is 2.52 bits per heavy atom. The molecule has 5 aliphatic heterocycles. The summed E-state index contributed by atoms with van der Waals surface area (Å²) in [6, 6.07) is 4.34. The van der Waals surface area contributed by atoms with Crippen molar-refractivity contribution in [2.75, 3.05) is 36.5 Å². The molecule has 328 valence electrons. The van der Waals surface area contributed by atoms with E-state index in [2.05, 4.69) is 16.2 Å². The number of piperazine rings is 1. The molecule has 4 fully saturated rings. The molecule has 2 bridgehead atoms. The highest BCUT2D eigenvalue weighted by Gasteiger charge is 2.58. The van der Waals surface area contributed by atoms with E-state index >= 15 is 8.78 Å². The van der Waals surface area contributed by atoms with Gasteiger partial charge in [0.15, 0.2) is 11.6 Å². The summed E-state index contributed by atoms with van der Waals surface area (Å²) in [5, 5.41) is 2.70. The van der Waals surface area contributed by atoms with Crippen molar-refractivity contribution >= 4 is 45.4 Å². The number of aromatic nitrogens is 3. The van der Waals surface area contributed by atoms with Gasteiger partial charge in [0, 0.05) is 34.9 Å². The van der Waals surface area contributed by atoms with E-state index in [1.165, 1.54) is 12.1 Å². The van der Waals surface area contributed by atoms with Crippen LogP contribution in [0.2, 0.25) is 0 Å². The van der Waals surface area contributed by atoms with Crippen molar-refractivity contribution < 1.29 is 46.1 Å². The minimum Gasteiger partial charge on any atom is -0.472 e. The first kappa shape index (κ1) is 41.7. The summed E-state index contributed by atoms with van der Waals surface area (Å²) in [4.78, 5) is 46.5. The van der Waals surface area contributed by atoms with Crippen LogP contribution in [0.25, 0.3) is 32.9 Å². The molecular weight excluding hydrogens is 811 g/mol. The van der Waals surface area contributed by atoms with Gasteiger partial charge in [-0.05, 0) is 92.8 Å². The molecule has 1 N–H and O–H groups in total. The van der Waals surface area contributed by atoms with E-state index in [1.807, 2.05) is 11.8 Å². The number of fused-ring (bicyclic) bond motifs is 7. The zero-order valence-corrected chi connectivity index (χ0v) is 35.7. The van der Waals surface area contributed by atoms with Crippen molar-refractivity contribution in [3.05, 3.63) is 41.5 Å². The van der Waals surface area contributed by atoms with E-state index in [9.17, 15) is 18.4 Å². The predicted molar refractivity (Wildman–Crippen MR) is 223 cm³/mol. The largest absolute Gasteiger partial charge is 0.472 e. The smallest absolute Gasteiger partial charge is 0.412 e. The molecule has 4 saturated heterocycles. The summed E-state index contributed by atoms with van der Waals surface area (Å²) in [7, 11) is 0. The SMILES string of the molecule is C#Cc1cccc2c(F)c(NC(=O)OC(C)(C)C)cc(-c3nc4c5c(nc(OCC67CCCN6CC(F)(F)C7)nc5c3F)N3C[C@H]5CC[C@@H]([C@H]3[C@H](C)O4)N5C(=O)OC(C)(C)C)c12. The van der Waals surface area contributed by atoms with E-state index in [1.54, 1.807) is 63.5 Å². The summed E-state index contributed by atoms with van der Waals surface area (Å²) >= 11 is 0. The number of nitrogens with zero attached hydrogens (tertiary/aromatic N) is 6. The number of rotatable bonds is 5. The number of alkyl halides is 2. The molecule has 5 atom stereocenters. The lowest BCUT2D eigenvalue weighted by atomic mass is 9.94. The molecule has 2 amide bonds. The van der Waals surface area contributed by atoms with Crippen LogP contribution in [0, 0.1) is 24.0 Å². The van der Waals surface area contributed by atoms with Gasteiger partial charge >= 0.3 is 18.2 Å². The summed E-state index contributed by atoms with van der Waals surface area (Å²) in [6.45, 7) is 12.4. The first-order valence-corrected chi connectivity index (χ1v) is 21.0. The van der Waals surface area contributed by atoms with Crippen LogP contribution in [-0.2, 0) is 9.47 Å². The summed E-state index contributed by atoms with van der Waals surface area (Å²) in [6.07, 6.45) is 5.94. The normalized spacial score (nSPS) is 25.2. The number of terminal acetylenes is 1. The number of pyridine rings is 1. The van der Waals surface area contributed by atoms with Crippen molar-refractivity contribution in [1.29, 1.82) is 0 Å². The van der Waals surface area contributed by atoms with E-state index in [4.69, 9.17) is 35.3 Å². The maximum atomic E-state index is 17.8. The predicted octanol–water partition coefficient (Wildman–Crippen LogP) is 8.44. The molecule has 5 aliphatic rings. The third-order valence-corrected chi connectivity index (χ3v) is 12.4. The van der Waals surface area contributed by atoms with Crippen molar-refractivity contribution in [2.24, 2.45) is 0 Å². The Balaban J connectivity index is 1.23. The quantitative estimate of drug-likeness (QED) is 0.153. The van der Waals surface area contributed by atoms with Gasteiger partial charge in [-0.25, -0.2) is 32.1 Å². The molecule has 7 heterocycles. The van der Waals surface area contributed by atoms with Crippen LogP contribution in [-0.4, -0.2) is 110 Å². The van der Waals surface area contributed by atoms with Gasteiger partial charge in [-0.2, -0.15) is 9.97 Å². The molecule has 9 rings (SSSR count). The van der Waals surface area contributed by atoms with E-state index in [0.29, 0.717) is 32.2 Å². The number of anilines is 2. The van der Waals surface area contributed by atoms with E-state index < -0.39 is 71.1 Å². The molecule has 17 heteroatoms. The van der Waals surface area contributed by atoms with Crippen molar-refractivity contribution in [3.63, 3.8) is 0 Å². The van der Waals surface area contributed by atoms with Crippen LogP contribution < -0.4 is 19.7 Å². The van der Waals surface area contributed by atoms with Gasteiger partial charge < -0.3 is 23.8 Å². The number of benzene rings is 2. The van der Waals surface area contributed by atoms with E-state index in [-0.39, 0.29) is 87.6 Å². The van der Waals surface area contributed by atoms with Crippen molar-refractivity contribution in [1.82, 2.24) is 24.8 Å². The number of carbonyl (C=O) groups excluding carboxylic acids is 2. The second-order valence-electron chi connectivity index (χ2n) is 19.1. The van der Waals surface area contributed by atoms with Crippen LogP contribution in [0.1, 0.15) is 86.1 Å². The molecule has 2 aromatic carbocycles. The lowest BCUT2D eigenvalue weighted by Gasteiger charge is -2.48. The monoisotopic (exact) mass is 859 g/mol. The fraction of sp³-hybridized carbons (Fsp3) is 0.533. The maximum absolute atomic E-state index is 17.8. The lowest BCUT2D eigenvalue weighted by Crippen LogP contribution is -2.65. The minimum absolute atomic E-state index is 0.0151. The number of amides is 2. The van der Waals surface area contributed by atoms with E-state index in [0.717, 1.165) is 0 Å². The van der Waals surface area contributed by atoms with Crippen LogP contribution in [0.3, 0.4) is 0 Å².